The Kier molecular flexibility index (Phi) is 2.40. The van der Waals surface area contributed by atoms with E-state index in [9.17, 15) is 4.39 Å². The number of halogens is 1. The summed E-state index contributed by atoms with van der Waals surface area (Å²) in [5.74, 6) is -0.509. The zero-order chi connectivity index (χ0) is 9.97. The highest BCUT2D eigenvalue weighted by Crippen LogP contribution is 2.24. The van der Waals surface area contributed by atoms with Crippen molar-refractivity contribution in [2.45, 2.75) is 10.1 Å². The molecule has 0 atom stereocenters. The Morgan fingerprint density at radius 1 is 1.50 bits per heavy atom. The molecule has 0 spiro atoms. The van der Waals surface area contributed by atoms with Crippen LogP contribution in [0.3, 0.4) is 0 Å². The number of hydrogen-bond acceptors (Lipinski definition) is 5. The van der Waals surface area contributed by atoms with Crippen LogP contribution in [0.4, 0.5) is 4.39 Å². The number of tetrazole rings is 1. The van der Waals surface area contributed by atoms with E-state index >= 15 is 0 Å². The van der Waals surface area contributed by atoms with Crippen molar-refractivity contribution in [1.29, 1.82) is 0 Å². The molecule has 2 aromatic heterocycles. The van der Waals surface area contributed by atoms with Crippen molar-refractivity contribution in [2.75, 3.05) is 0 Å². The minimum Gasteiger partial charge on any atom is -0.228 e. The Labute approximate surface area is 83.3 Å². The molecule has 0 saturated carbocycles. The van der Waals surface area contributed by atoms with Crippen LogP contribution in [0.25, 0.3) is 0 Å². The fourth-order valence-corrected chi connectivity index (χ4v) is 1.60. The summed E-state index contributed by atoms with van der Waals surface area (Å²) in [4.78, 5) is 4.17. The number of pyridine rings is 1. The average Bonchev–Trinajstić information content (AvgIpc) is 2.52. The van der Waals surface area contributed by atoms with E-state index in [-0.39, 0.29) is 0 Å². The van der Waals surface area contributed by atoms with Gasteiger partial charge in [0.15, 0.2) is 0 Å². The van der Waals surface area contributed by atoms with Crippen LogP contribution in [0.2, 0.25) is 0 Å². The molecule has 7 heteroatoms. The third-order valence-electron chi connectivity index (χ3n) is 1.49. The summed E-state index contributed by atoms with van der Waals surface area (Å²) in [6, 6.07) is 3.03. The van der Waals surface area contributed by atoms with E-state index in [4.69, 9.17) is 0 Å². The largest absolute Gasteiger partial charge is 0.228 e. The van der Waals surface area contributed by atoms with Gasteiger partial charge < -0.3 is 0 Å². The predicted octanol–water partition coefficient (Wildman–Crippen LogP) is 0.895. The van der Waals surface area contributed by atoms with E-state index in [0.717, 1.165) is 4.90 Å². The zero-order valence-corrected chi connectivity index (χ0v) is 8.07. The molecule has 0 amide bonds. The SMILES string of the molecule is Cn1nnnc1Sc1ccnc(F)c1. The molecule has 0 fully saturated rings. The van der Waals surface area contributed by atoms with Gasteiger partial charge in [0.05, 0.1) is 0 Å². The lowest BCUT2D eigenvalue weighted by molar-refractivity contribution is 0.579. The Hall–Kier alpha value is -1.50. The first kappa shape index (κ1) is 9.07. The maximum absolute atomic E-state index is 12.7. The second kappa shape index (κ2) is 3.70. The summed E-state index contributed by atoms with van der Waals surface area (Å²) >= 11 is 1.28. The highest BCUT2D eigenvalue weighted by atomic mass is 32.2. The number of aryl methyl sites for hydroxylation is 1. The van der Waals surface area contributed by atoms with Gasteiger partial charge in [0.25, 0.3) is 0 Å². The molecule has 0 unspecified atom stereocenters. The van der Waals surface area contributed by atoms with Crippen LogP contribution < -0.4 is 0 Å². The van der Waals surface area contributed by atoms with Crippen LogP contribution in [0.15, 0.2) is 28.4 Å². The van der Waals surface area contributed by atoms with Gasteiger partial charge in [0.1, 0.15) is 0 Å². The highest BCUT2D eigenvalue weighted by molar-refractivity contribution is 7.99. The van der Waals surface area contributed by atoms with Crippen LogP contribution in [-0.2, 0) is 7.05 Å². The van der Waals surface area contributed by atoms with Gasteiger partial charge in [-0.25, -0.2) is 9.67 Å². The van der Waals surface area contributed by atoms with E-state index in [1.807, 2.05) is 0 Å². The molecule has 0 aliphatic rings. The lowest BCUT2D eigenvalue weighted by atomic mass is 10.5. The summed E-state index contributed by atoms with van der Waals surface area (Å²) in [6.45, 7) is 0. The molecule has 0 aromatic carbocycles. The first-order valence-electron chi connectivity index (χ1n) is 3.77. The fraction of sp³-hybridized carbons (Fsp3) is 0.143. The first-order chi connectivity index (χ1) is 6.75. The molecule has 0 aliphatic heterocycles. The molecule has 0 radical (unpaired) electrons. The molecule has 5 nitrogen and oxygen atoms in total. The quantitative estimate of drug-likeness (QED) is 0.690. The second-order valence-corrected chi connectivity index (χ2v) is 3.54. The molecule has 14 heavy (non-hydrogen) atoms. The van der Waals surface area contributed by atoms with E-state index < -0.39 is 5.95 Å². The molecule has 2 heterocycles. The minimum atomic E-state index is -0.509. The van der Waals surface area contributed by atoms with Crippen molar-refractivity contribution in [2.24, 2.45) is 7.05 Å². The van der Waals surface area contributed by atoms with Crippen LogP contribution in [0.5, 0.6) is 0 Å². The molecule has 0 N–H and O–H groups in total. The Morgan fingerprint density at radius 2 is 2.36 bits per heavy atom. The van der Waals surface area contributed by atoms with Gasteiger partial charge in [0, 0.05) is 24.2 Å². The Morgan fingerprint density at radius 3 is 3.00 bits per heavy atom. The number of rotatable bonds is 2. The summed E-state index contributed by atoms with van der Waals surface area (Å²) < 4.78 is 14.2. The molecule has 2 rings (SSSR count). The summed E-state index contributed by atoms with van der Waals surface area (Å²) in [6.07, 6.45) is 1.40. The molecular formula is C7H6FN5S. The van der Waals surface area contributed by atoms with Gasteiger partial charge in [0.2, 0.25) is 11.1 Å². The molecule has 2 aromatic rings. The fourth-order valence-electron chi connectivity index (χ4n) is 0.861. The normalized spacial score (nSPS) is 10.4. The monoisotopic (exact) mass is 211 g/mol. The van der Waals surface area contributed by atoms with Gasteiger partial charge in [-0.15, -0.1) is 5.10 Å². The third kappa shape index (κ3) is 1.87. The van der Waals surface area contributed by atoms with Crippen molar-refractivity contribution in [3.63, 3.8) is 0 Å². The van der Waals surface area contributed by atoms with E-state index in [1.165, 1.54) is 28.7 Å². The lowest BCUT2D eigenvalue weighted by Crippen LogP contribution is -1.92. The number of aromatic nitrogens is 5. The zero-order valence-electron chi connectivity index (χ0n) is 7.25. The topological polar surface area (TPSA) is 56.5 Å². The molecule has 0 bridgehead atoms. The van der Waals surface area contributed by atoms with Crippen LogP contribution >= 0.6 is 11.8 Å². The summed E-state index contributed by atoms with van der Waals surface area (Å²) in [5.41, 5.74) is 0. The number of nitrogens with zero attached hydrogens (tertiary/aromatic N) is 5. The van der Waals surface area contributed by atoms with Crippen molar-refractivity contribution < 1.29 is 4.39 Å². The molecule has 0 aliphatic carbocycles. The maximum Gasteiger partial charge on any atom is 0.213 e. The van der Waals surface area contributed by atoms with E-state index in [1.54, 1.807) is 13.1 Å². The highest BCUT2D eigenvalue weighted by Gasteiger charge is 2.05. The van der Waals surface area contributed by atoms with Gasteiger partial charge in [-0.1, -0.05) is 0 Å². The maximum atomic E-state index is 12.7. The Bertz CT molecular complexity index is 443. The van der Waals surface area contributed by atoms with Crippen molar-refractivity contribution >= 4 is 11.8 Å². The third-order valence-corrected chi connectivity index (χ3v) is 2.51. The van der Waals surface area contributed by atoms with Crippen molar-refractivity contribution in [3.8, 4) is 0 Å². The Balaban J connectivity index is 2.23. The summed E-state index contributed by atoms with van der Waals surface area (Å²) in [7, 11) is 1.72. The predicted molar refractivity (Wildman–Crippen MR) is 47.1 cm³/mol. The number of hydrogen-bond donors (Lipinski definition) is 0. The van der Waals surface area contributed by atoms with Crippen molar-refractivity contribution in [3.05, 3.63) is 24.3 Å². The minimum absolute atomic E-state index is 0.509. The van der Waals surface area contributed by atoms with Crippen LogP contribution in [0, 0.1) is 5.95 Å². The van der Waals surface area contributed by atoms with E-state index in [2.05, 4.69) is 20.5 Å². The smallest absolute Gasteiger partial charge is 0.213 e. The molecule has 0 saturated heterocycles. The van der Waals surface area contributed by atoms with Gasteiger partial charge in [-0.3, -0.25) is 0 Å². The molecule has 72 valence electrons. The first-order valence-corrected chi connectivity index (χ1v) is 4.59. The van der Waals surface area contributed by atoms with Gasteiger partial charge in [-0.2, -0.15) is 4.39 Å². The summed E-state index contributed by atoms with van der Waals surface area (Å²) in [5, 5.41) is 11.5. The average molecular weight is 211 g/mol. The second-order valence-electron chi connectivity index (χ2n) is 2.50. The van der Waals surface area contributed by atoms with Crippen LogP contribution in [-0.4, -0.2) is 25.2 Å². The standard InChI is InChI=1S/C7H6FN5S/c1-13-7(10-11-12-13)14-5-2-3-9-6(8)4-5/h2-4H,1H3. The lowest BCUT2D eigenvalue weighted by Gasteiger charge is -1.97. The van der Waals surface area contributed by atoms with Gasteiger partial charge in [-0.05, 0) is 28.3 Å². The van der Waals surface area contributed by atoms with Gasteiger partial charge >= 0.3 is 0 Å². The van der Waals surface area contributed by atoms with Crippen LogP contribution in [0.1, 0.15) is 0 Å². The van der Waals surface area contributed by atoms with Crippen molar-refractivity contribution in [1.82, 2.24) is 25.2 Å². The molecular weight excluding hydrogens is 205 g/mol. The van der Waals surface area contributed by atoms with E-state index in [0.29, 0.717) is 5.16 Å².